The minimum absolute atomic E-state index is 0.0256. The molecule has 6 nitrogen and oxygen atoms in total. The van der Waals surface area contributed by atoms with Crippen LogP contribution in [0.4, 0.5) is 5.69 Å². The van der Waals surface area contributed by atoms with E-state index in [1.54, 1.807) is 12.1 Å². The van der Waals surface area contributed by atoms with Gasteiger partial charge < -0.3 is 5.43 Å². The van der Waals surface area contributed by atoms with Crippen molar-refractivity contribution in [2.75, 3.05) is 5.43 Å². The van der Waals surface area contributed by atoms with Gasteiger partial charge in [0.25, 0.3) is 10.0 Å². The molecule has 0 amide bonds. The van der Waals surface area contributed by atoms with Crippen LogP contribution < -0.4 is 16.0 Å². The highest BCUT2D eigenvalue weighted by Crippen LogP contribution is 2.31. The molecule has 0 spiro atoms. The van der Waals surface area contributed by atoms with Gasteiger partial charge in [-0.25, -0.2) is 18.1 Å². The summed E-state index contributed by atoms with van der Waals surface area (Å²) >= 11 is 0. The number of nitrogens with zero attached hydrogens (tertiary/aromatic N) is 1. The van der Waals surface area contributed by atoms with E-state index in [1.165, 1.54) is 6.20 Å². The van der Waals surface area contributed by atoms with E-state index in [4.69, 9.17) is 5.84 Å². The fourth-order valence-corrected chi connectivity index (χ4v) is 2.91. The number of nitrogens with one attached hydrogen (secondary N) is 2. The molecular formula is C9H14N4O2S. The third kappa shape index (κ3) is 2.16. The predicted octanol–water partition coefficient (Wildman–Crippen LogP) is 0.0539. The predicted molar refractivity (Wildman–Crippen MR) is 59.9 cm³/mol. The second kappa shape index (κ2) is 4.00. The third-order valence-electron chi connectivity index (χ3n) is 2.60. The summed E-state index contributed by atoms with van der Waals surface area (Å²) < 4.78 is 26.5. The zero-order chi connectivity index (χ0) is 11.8. The van der Waals surface area contributed by atoms with E-state index >= 15 is 0 Å². The summed E-state index contributed by atoms with van der Waals surface area (Å²) in [5.74, 6) is 5.63. The largest absolute Gasteiger partial charge is 0.321 e. The third-order valence-corrected chi connectivity index (χ3v) is 4.04. The molecule has 0 aromatic carbocycles. The lowest BCUT2D eigenvalue weighted by Gasteiger charge is -2.09. The molecular weight excluding hydrogens is 228 g/mol. The van der Waals surface area contributed by atoms with Crippen molar-refractivity contribution in [2.45, 2.75) is 24.4 Å². The zero-order valence-corrected chi connectivity index (χ0v) is 9.66. The van der Waals surface area contributed by atoms with Gasteiger partial charge in [-0.3, -0.25) is 5.84 Å². The van der Waals surface area contributed by atoms with Gasteiger partial charge in [-0.05, 0) is 24.5 Å². The number of anilines is 1. The quantitative estimate of drug-likeness (QED) is 0.512. The van der Waals surface area contributed by atoms with Crippen molar-refractivity contribution in [3.8, 4) is 0 Å². The van der Waals surface area contributed by atoms with E-state index in [-0.39, 0.29) is 11.1 Å². The van der Waals surface area contributed by atoms with Crippen molar-refractivity contribution in [1.82, 2.24) is 9.71 Å². The van der Waals surface area contributed by atoms with Crippen LogP contribution in [-0.2, 0) is 10.0 Å². The van der Waals surface area contributed by atoms with E-state index in [1.807, 2.05) is 6.92 Å². The smallest absolute Gasteiger partial charge is 0.260 e. The topological polar surface area (TPSA) is 97.1 Å². The Hall–Kier alpha value is -1.18. The highest BCUT2D eigenvalue weighted by atomic mass is 32.2. The van der Waals surface area contributed by atoms with Crippen LogP contribution in [0.1, 0.15) is 13.3 Å². The summed E-state index contributed by atoms with van der Waals surface area (Å²) in [4.78, 5) is 3.83. The molecule has 0 saturated heterocycles. The van der Waals surface area contributed by atoms with Crippen LogP contribution in [0.15, 0.2) is 23.4 Å². The molecule has 1 aromatic rings. The van der Waals surface area contributed by atoms with Crippen LogP contribution in [0.2, 0.25) is 0 Å². The van der Waals surface area contributed by atoms with Gasteiger partial charge in [-0.1, -0.05) is 6.92 Å². The van der Waals surface area contributed by atoms with Crippen LogP contribution in [0.3, 0.4) is 0 Å². The van der Waals surface area contributed by atoms with Crippen molar-refractivity contribution < 1.29 is 8.42 Å². The first kappa shape index (κ1) is 11.3. The standard InChI is InChI=1S/C9H14N4O2S/c1-6-5-8(6)13-16(14,15)9-7(12-10)3-2-4-11-9/h2-4,6,8,12-13H,5,10H2,1H3. The lowest BCUT2D eigenvalue weighted by Crippen LogP contribution is -2.29. The average Bonchev–Trinajstić information content (AvgIpc) is 2.93. The molecule has 1 heterocycles. The van der Waals surface area contributed by atoms with Crippen LogP contribution >= 0.6 is 0 Å². The molecule has 7 heteroatoms. The van der Waals surface area contributed by atoms with Crippen molar-refractivity contribution >= 4 is 15.7 Å². The molecule has 2 atom stereocenters. The Labute approximate surface area is 94.3 Å². The average molecular weight is 242 g/mol. The maximum atomic E-state index is 11.9. The van der Waals surface area contributed by atoms with Gasteiger partial charge in [0, 0.05) is 12.2 Å². The highest BCUT2D eigenvalue weighted by Gasteiger charge is 2.37. The second-order valence-electron chi connectivity index (χ2n) is 3.94. The Morgan fingerprint density at radius 1 is 1.56 bits per heavy atom. The number of hydrazine groups is 1. The lowest BCUT2D eigenvalue weighted by molar-refractivity contribution is 0.575. The molecule has 0 radical (unpaired) electrons. The normalized spacial score (nSPS) is 24.1. The Morgan fingerprint density at radius 3 is 2.81 bits per heavy atom. The Bertz CT molecular complexity index is 488. The Kier molecular flexibility index (Phi) is 2.83. The number of nitrogen functional groups attached to an aromatic ring is 1. The zero-order valence-electron chi connectivity index (χ0n) is 8.84. The maximum absolute atomic E-state index is 11.9. The van der Waals surface area contributed by atoms with Crippen LogP contribution in [0.25, 0.3) is 0 Å². The molecule has 2 rings (SSSR count). The van der Waals surface area contributed by atoms with E-state index in [9.17, 15) is 8.42 Å². The van der Waals surface area contributed by atoms with E-state index in [2.05, 4.69) is 15.1 Å². The van der Waals surface area contributed by atoms with Crippen molar-refractivity contribution in [3.05, 3.63) is 18.3 Å². The Balaban J connectivity index is 2.28. The fourth-order valence-electron chi connectivity index (χ4n) is 1.46. The Morgan fingerprint density at radius 2 is 2.25 bits per heavy atom. The summed E-state index contributed by atoms with van der Waals surface area (Å²) in [5, 5.41) is -0.0587. The monoisotopic (exact) mass is 242 g/mol. The number of aromatic nitrogens is 1. The SMILES string of the molecule is CC1CC1NS(=O)(=O)c1ncccc1NN. The summed E-state index contributed by atoms with van der Waals surface area (Å²) in [6, 6.07) is 3.21. The molecule has 1 aliphatic rings. The van der Waals surface area contributed by atoms with Gasteiger partial charge in [0.1, 0.15) is 0 Å². The number of nitrogens with two attached hydrogens (primary N) is 1. The summed E-state index contributed by atoms with van der Waals surface area (Å²) in [6.45, 7) is 1.99. The second-order valence-corrected chi connectivity index (χ2v) is 5.57. The number of rotatable bonds is 4. The van der Waals surface area contributed by atoms with Gasteiger partial charge in [0.05, 0.1) is 5.69 Å². The first-order chi connectivity index (χ1) is 7.54. The van der Waals surface area contributed by atoms with Gasteiger partial charge in [0.15, 0.2) is 5.03 Å². The summed E-state index contributed by atoms with van der Waals surface area (Å²) in [5.41, 5.74) is 2.62. The number of sulfonamides is 1. The van der Waals surface area contributed by atoms with Gasteiger partial charge >= 0.3 is 0 Å². The first-order valence-corrected chi connectivity index (χ1v) is 6.47. The van der Waals surface area contributed by atoms with Crippen LogP contribution in [0, 0.1) is 5.92 Å². The molecule has 1 saturated carbocycles. The summed E-state index contributed by atoms with van der Waals surface area (Å²) in [6.07, 6.45) is 2.29. The van der Waals surface area contributed by atoms with E-state index in [0.717, 1.165) is 6.42 Å². The molecule has 88 valence electrons. The molecule has 1 fully saturated rings. The fraction of sp³-hybridized carbons (Fsp3) is 0.444. The molecule has 4 N–H and O–H groups in total. The molecule has 0 bridgehead atoms. The molecule has 1 aromatic heterocycles. The van der Waals surface area contributed by atoms with Crippen molar-refractivity contribution in [3.63, 3.8) is 0 Å². The van der Waals surface area contributed by atoms with Crippen molar-refractivity contribution in [2.24, 2.45) is 11.8 Å². The maximum Gasteiger partial charge on any atom is 0.260 e. The minimum Gasteiger partial charge on any atom is -0.321 e. The first-order valence-electron chi connectivity index (χ1n) is 4.98. The van der Waals surface area contributed by atoms with Crippen LogP contribution in [0.5, 0.6) is 0 Å². The van der Waals surface area contributed by atoms with E-state index < -0.39 is 10.0 Å². The number of hydrogen-bond acceptors (Lipinski definition) is 5. The molecule has 2 unspecified atom stereocenters. The van der Waals surface area contributed by atoms with E-state index in [0.29, 0.717) is 11.6 Å². The number of hydrogen-bond donors (Lipinski definition) is 3. The van der Waals surface area contributed by atoms with Crippen LogP contribution in [-0.4, -0.2) is 19.4 Å². The minimum atomic E-state index is -3.58. The highest BCUT2D eigenvalue weighted by molar-refractivity contribution is 7.89. The summed E-state index contributed by atoms with van der Waals surface area (Å²) in [7, 11) is -3.58. The van der Waals surface area contributed by atoms with Gasteiger partial charge in [0.2, 0.25) is 0 Å². The van der Waals surface area contributed by atoms with Crippen molar-refractivity contribution in [1.29, 1.82) is 0 Å². The molecule has 16 heavy (non-hydrogen) atoms. The lowest BCUT2D eigenvalue weighted by atomic mass is 10.4. The van der Waals surface area contributed by atoms with Gasteiger partial charge in [-0.2, -0.15) is 0 Å². The molecule has 1 aliphatic carbocycles. The molecule has 0 aliphatic heterocycles. The van der Waals surface area contributed by atoms with Gasteiger partial charge in [-0.15, -0.1) is 0 Å². The number of pyridine rings is 1.